The van der Waals surface area contributed by atoms with E-state index in [1.165, 1.54) is 0 Å². The lowest BCUT2D eigenvalue weighted by Crippen LogP contribution is -2.56. The Morgan fingerprint density at radius 2 is 2.22 bits per heavy atom. The lowest BCUT2D eigenvalue weighted by atomic mass is 10.0. The molecule has 18 heavy (non-hydrogen) atoms. The highest BCUT2D eigenvalue weighted by Crippen LogP contribution is 2.24. The Hall–Kier alpha value is -0.420. The lowest BCUT2D eigenvalue weighted by Gasteiger charge is -2.42. The summed E-state index contributed by atoms with van der Waals surface area (Å²) in [4.78, 5) is 14.2. The maximum Gasteiger partial charge on any atom is 0.225 e. The molecule has 0 aliphatic carbocycles. The second-order valence-electron chi connectivity index (χ2n) is 5.84. The topological polar surface area (TPSA) is 46.6 Å². The highest BCUT2D eigenvalue weighted by molar-refractivity contribution is 7.85. The van der Waals surface area contributed by atoms with Gasteiger partial charge in [-0.1, -0.05) is 0 Å². The van der Waals surface area contributed by atoms with Crippen molar-refractivity contribution in [2.24, 2.45) is 0 Å². The summed E-state index contributed by atoms with van der Waals surface area (Å²) in [5.41, 5.74) is -0.283. The van der Waals surface area contributed by atoms with Crippen molar-refractivity contribution in [3.05, 3.63) is 0 Å². The van der Waals surface area contributed by atoms with Crippen LogP contribution in [0.5, 0.6) is 0 Å². The zero-order valence-corrected chi connectivity index (χ0v) is 12.1. The number of rotatable bonds is 2. The minimum Gasteiger partial charge on any atom is -0.378 e. The fourth-order valence-corrected chi connectivity index (χ4v) is 4.25. The second kappa shape index (κ2) is 5.70. The first-order chi connectivity index (χ1) is 8.49. The smallest absolute Gasteiger partial charge is 0.225 e. The third kappa shape index (κ3) is 3.32. The van der Waals surface area contributed by atoms with Crippen molar-refractivity contribution in [2.45, 2.75) is 51.2 Å². The summed E-state index contributed by atoms with van der Waals surface area (Å²) in [6.07, 6.45) is 3.83. The maximum absolute atomic E-state index is 12.3. The minimum absolute atomic E-state index is 0.0921. The summed E-state index contributed by atoms with van der Waals surface area (Å²) >= 11 is 0. The van der Waals surface area contributed by atoms with Crippen LogP contribution in [0.1, 0.15) is 39.5 Å². The number of amides is 1. The van der Waals surface area contributed by atoms with E-state index in [2.05, 4.69) is 0 Å². The average Bonchev–Trinajstić information content (AvgIpc) is 2.28. The molecule has 2 heterocycles. The monoisotopic (exact) mass is 273 g/mol. The Morgan fingerprint density at radius 3 is 2.83 bits per heavy atom. The number of ether oxygens (including phenoxy) is 1. The molecule has 1 amide bonds. The van der Waals surface area contributed by atoms with Gasteiger partial charge in [-0.05, 0) is 33.1 Å². The molecule has 2 aliphatic heterocycles. The average molecular weight is 273 g/mol. The first-order valence-corrected chi connectivity index (χ1v) is 8.25. The second-order valence-corrected chi connectivity index (χ2v) is 7.42. The van der Waals surface area contributed by atoms with Crippen LogP contribution in [0.3, 0.4) is 0 Å². The van der Waals surface area contributed by atoms with E-state index in [0.717, 1.165) is 25.9 Å². The molecule has 0 aromatic rings. The van der Waals surface area contributed by atoms with Gasteiger partial charge in [0.05, 0.1) is 12.5 Å². The van der Waals surface area contributed by atoms with Crippen molar-refractivity contribution in [1.82, 2.24) is 4.90 Å². The van der Waals surface area contributed by atoms with Crippen LogP contribution in [-0.4, -0.2) is 51.3 Å². The molecule has 4 nitrogen and oxygen atoms in total. The van der Waals surface area contributed by atoms with Gasteiger partial charge in [0, 0.05) is 41.0 Å². The number of hydrogen-bond donors (Lipinski definition) is 0. The number of carbonyl (C=O) groups is 1. The largest absolute Gasteiger partial charge is 0.378 e. The van der Waals surface area contributed by atoms with E-state index in [1.54, 1.807) is 0 Å². The molecule has 0 unspecified atom stereocenters. The first kappa shape index (κ1) is 14.0. The molecule has 0 N–H and O–H groups in total. The van der Waals surface area contributed by atoms with Crippen molar-refractivity contribution in [3.8, 4) is 0 Å². The van der Waals surface area contributed by atoms with Gasteiger partial charge in [0.25, 0.3) is 0 Å². The van der Waals surface area contributed by atoms with Crippen LogP contribution in [0.25, 0.3) is 0 Å². The van der Waals surface area contributed by atoms with Crippen molar-refractivity contribution >= 4 is 16.7 Å². The number of hydrogen-bond acceptors (Lipinski definition) is 3. The Morgan fingerprint density at radius 1 is 1.44 bits per heavy atom. The molecule has 2 rings (SSSR count). The van der Waals surface area contributed by atoms with Crippen molar-refractivity contribution < 1.29 is 13.7 Å². The molecule has 0 bridgehead atoms. The predicted molar refractivity (Wildman–Crippen MR) is 71.9 cm³/mol. The van der Waals surface area contributed by atoms with Crippen LogP contribution in [-0.2, 0) is 20.3 Å². The van der Waals surface area contributed by atoms with Gasteiger partial charge in [-0.25, -0.2) is 0 Å². The van der Waals surface area contributed by atoms with Crippen molar-refractivity contribution in [1.29, 1.82) is 0 Å². The van der Waals surface area contributed by atoms with Crippen LogP contribution in [0, 0.1) is 0 Å². The number of nitrogens with zero attached hydrogens (tertiary/aromatic N) is 1. The van der Waals surface area contributed by atoms with E-state index in [1.807, 2.05) is 18.7 Å². The third-order valence-corrected chi connectivity index (χ3v) is 5.43. The standard InChI is InChI=1S/C13H23NO3S/c1-13(2)10-18(16)8-6-14(13)12(15)9-11-5-3-4-7-17-11/h11H,3-10H2,1-2H3/t11-,18-/m1/s1. The van der Waals surface area contributed by atoms with Crippen molar-refractivity contribution in [2.75, 3.05) is 24.7 Å². The van der Waals surface area contributed by atoms with Crippen molar-refractivity contribution in [3.63, 3.8) is 0 Å². The Kier molecular flexibility index (Phi) is 4.43. The van der Waals surface area contributed by atoms with Crippen LogP contribution in [0.4, 0.5) is 0 Å². The van der Waals surface area contributed by atoms with Gasteiger partial charge in [-0.2, -0.15) is 0 Å². The zero-order valence-electron chi connectivity index (χ0n) is 11.3. The van der Waals surface area contributed by atoms with Gasteiger partial charge in [-0.3, -0.25) is 9.00 Å². The maximum atomic E-state index is 12.3. The summed E-state index contributed by atoms with van der Waals surface area (Å²) in [7, 11) is -0.779. The van der Waals surface area contributed by atoms with Crippen LogP contribution in [0.15, 0.2) is 0 Å². The van der Waals surface area contributed by atoms with Crippen LogP contribution < -0.4 is 0 Å². The summed E-state index contributed by atoms with van der Waals surface area (Å²) in [6.45, 7) is 5.41. The summed E-state index contributed by atoms with van der Waals surface area (Å²) in [5.74, 6) is 1.36. The molecule has 0 aromatic carbocycles. The molecular formula is C13H23NO3S. The molecule has 5 heteroatoms. The van der Waals surface area contributed by atoms with E-state index in [4.69, 9.17) is 4.74 Å². The highest BCUT2D eigenvalue weighted by Gasteiger charge is 2.37. The molecule has 0 radical (unpaired) electrons. The minimum atomic E-state index is -0.779. The molecule has 0 saturated carbocycles. The van der Waals surface area contributed by atoms with Gasteiger partial charge in [-0.15, -0.1) is 0 Å². The highest BCUT2D eigenvalue weighted by atomic mass is 32.2. The zero-order chi connectivity index (χ0) is 13.2. The molecule has 2 saturated heterocycles. The molecule has 2 fully saturated rings. The fourth-order valence-electron chi connectivity index (χ4n) is 2.78. The van der Waals surface area contributed by atoms with Gasteiger partial charge in [0.15, 0.2) is 0 Å². The molecule has 2 atom stereocenters. The number of carbonyl (C=O) groups excluding carboxylic acids is 1. The van der Waals surface area contributed by atoms with Gasteiger partial charge >= 0.3 is 0 Å². The first-order valence-electron chi connectivity index (χ1n) is 6.76. The van der Waals surface area contributed by atoms with Gasteiger partial charge < -0.3 is 9.64 Å². The molecular weight excluding hydrogens is 250 g/mol. The summed E-state index contributed by atoms with van der Waals surface area (Å²) < 4.78 is 17.2. The van der Waals surface area contributed by atoms with E-state index in [-0.39, 0.29) is 17.6 Å². The van der Waals surface area contributed by atoms with E-state index < -0.39 is 10.8 Å². The SMILES string of the molecule is CC1(C)C[S@](=O)CCN1C(=O)C[C@H]1CCCCO1. The molecule has 0 spiro atoms. The van der Waals surface area contributed by atoms with E-state index >= 15 is 0 Å². The summed E-state index contributed by atoms with van der Waals surface area (Å²) in [6, 6.07) is 0. The Balaban J connectivity index is 1.93. The van der Waals surface area contributed by atoms with Gasteiger partial charge in [0.2, 0.25) is 5.91 Å². The Bertz CT molecular complexity index is 337. The molecule has 2 aliphatic rings. The Labute approximate surface area is 112 Å². The van der Waals surface area contributed by atoms with E-state index in [9.17, 15) is 9.00 Å². The van der Waals surface area contributed by atoms with Gasteiger partial charge in [0.1, 0.15) is 0 Å². The quantitative estimate of drug-likeness (QED) is 0.762. The van der Waals surface area contributed by atoms with Crippen LogP contribution in [0.2, 0.25) is 0 Å². The van der Waals surface area contributed by atoms with Crippen LogP contribution >= 0.6 is 0 Å². The normalized spacial score (nSPS) is 32.2. The lowest BCUT2D eigenvalue weighted by molar-refractivity contribution is -0.139. The third-order valence-electron chi connectivity index (χ3n) is 3.76. The molecule has 0 aromatic heterocycles. The summed E-state index contributed by atoms with van der Waals surface area (Å²) in [5, 5.41) is 0. The van der Waals surface area contributed by atoms with E-state index in [0.29, 0.717) is 24.5 Å². The predicted octanol–water partition coefficient (Wildman–Crippen LogP) is 1.32. The molecule has 104 valence electrons. The fraction of sp³-hybridized carbons (Fsp3) is 0.923.